The molecule has 4 atom stereocenters. The van der Waals surface area contributed by atoms with Crippen molar-refractivity contribution in [1.29, 1.82) is 0 Å². The first-order chi connectivity index (χ1) is 23.5. The number of hydrogen-bond donors (Lipinski definition) is 4. The van der Waals surface area contributed by atoms with Gasteiger partial charge in [-0.2, -0.15) is 0 Å². The van der Waals surface area contributed by atoms with Gasteiger partial charge in [0.2, 0.25) is 0 Å². The second kappa shape index (κ2) is 16.3. The fourth-order valence-corrected chi connectivity index (χ4v) is 6.81. The Bertz CT molecular complexity index is 1720. The summed E-state index contributed by atoms with van der Waals surface area (Å²) >= 11 is 9.81. The van der Waals surface area contributed by atoms with Crippen molar-refractivity contribution in [3.63, 3.8) is 0 Å². The summed E-state index contributed by atoms with van der Waals surface area (Å²) in [5.74, 6) is -2.79. The molecule has 2 bridgehead atoms. The number of aliphatic carboxylic acids is 1. The Morgan fingerprint density at radius 3 is 2.51 bits per heavy atom. The van der Waals surface area contributed by atoms with Gasteiger partial charge in [0.1, 0.15) is 11.6 Å². The van der Waals surface area contributed by atoms with E-state index in [0.717, 1.165) is 22.3 Å². The second-order valence-corrected chi connectivity index (χ2v) is 13.4. The molecule has 1 saturated heterocycles. The highest BCUT2D eigenvalue weighted by Gasteiger charge is 2.43. The lowest BCUT2D eigenvalue weighted by molar-refractivity contribution is -0.163. The van der Waals surface area contributed by atoms with E-state index < -0.39 is 30.1 Å². The lowest BCUT2D eigenvalue weighted by Gasteiger charge is -2.45. The lowest BCUT2D eigenvalue weighted by Crippen LogP contribution is -2.64. The molecular weight excluding hydrogens is 721 g/mol. The first-order valence-corrected chi connectivity index (χ1v) is 17.2. The number of carbonyl (C=O) groups is 3. The summed E-state index contributed by atoms with van der Waals surface area (Å²) in [5.41, 5.74) is 4.01. The molecule has 0 aromatic heterocycles. The number of piperazine rings is 1. The molecule has 2 amide bonds. The molecule has 2 aliphatic heterocycles. The Morgan fingerprint density at radius 1 is 1.08 bits per heavy atom. The number of fused-ring (bicyclic) bond motifs is 2. The Balaban J connectivity index is 1.39. The summed E-state index contributed by atoms with van der Waals surface area (Å²) in [6.07, 6.45) is -2.61. The smallest absolute Gasteiger partial charge is 0.335 e. The van der Waals surface area contributed by atoms with Crippen LogP contribution in [0.1, 0.15) is 36.5 Å². The molecule has 49 heavy (non-hydrogen) atoms. The Morgan fingerprint density at radius 2 is 1.82 bits per heavy atom. The number of hydrogen-bond acceptors (Lipinski definition) is 7. The number of nitrogens with one attached hydrogen (secondary N) is 1. The molecular formula is C36H38BrClFN3O7. The first-order valence-electron chi connectivity index (χ1n) is 16.0. The highest BCUT2D eigenvalue weighted by atomic mass is 79.9. The summed E-state index contributed by atoms with van der Waals surface area (Å²) in [6.45, 7) is 3.07. The third kappa shape index (κ3) is 8.68. The van der Waals surface area contributed by atoms with E-state index in [1.807, 2.05) is 49.4 Å². The first kappa shape index (κ1) is 36.5. The van der Waals surface area contributed by atoms with Crippen LogP contribution in [0.3, 0.4) is 0 Å². The van der Waals surface area contributed by atoms with Gasteiger partial charge in [-0.25, -0.2) is 9.18 Å². The number of nitrogens with zero attached hydrogens (tertiary/aromatic N) is 2. The van der Waals surface area contributed by atoms with Gasteiger partial charge in [-0.3, -0.25) is 9.59 Å². The van der Waals surface area contributed by atoms with E-state index in [1.54, 1.807) is 17.0 Å². The van der Waals surface area contributed by atoms with E-state index in [0.29, 0.717) is 53.2 Å². The molecule has 0 radical (unpaired) electrons. The SMILES string of the molecule is CCN(Cc1ccccc1Cl)C(=O)C1=C(c2ccc(CCCOc3cc(F)ccc3Br)cc2)C[C@H]2CN(C(=O)[C@@H](O)[C@H](O)C(=O)O)C[C@H]1N2. The van der Waals surface area contributed by atoms with Crippen LogP contribution >= 0.6 is 27.5 Å². The largest absolute Gasteiger partial charge is 0.492 e. The predicted octanol–water partition coefficient (Wildman–Crippen LogP) is 4.43. The van der Waals surface area contributed by atoms with Crippen LogP contribution in [0.2, 0.25) is 5.02 Å². The molecule has 2 heterocycles. The minimum atomic E-state index is -2.27. The van der Waals surface area contributed by atoms with Crippen molar-refractivity contribution in [2.24, 2.45) is 0 Å². The minimum absolute atomic E-state index is 0.00748. The summed E-state index contributed by atoms with van der Waals surface area (Å²) < 4.78 is 20.0. The fourth-order valence-electron chi connectivity index (χ4n) is 6.25. The average Bonchev–Trinajstić information content (AvgIpc) is 3.09. The summed E-state index contributed by atoms with van der Waals surface area (Å²) in [4.78, 5) is 41.8. The number of carboxylic acids is 1. The van der Waals surface area contributed by atoms with E-state index >= 15 is 0 Å². The monoisotopic (exact) mass is 757 g/mol. The third-order valence-corrected chi connectivity index (χ3v) is 9.83. The molecule has 0 unspecified atom stereocenters. The number of aryl methyl sites for hydroxylation is 1. The van der Waals surface area contributed by atoms with Crippen LogP contribution < -0.4 is 10.1 Å². The van der Waals surface area contributed by atoms with Gasteiger partial charge >= 0.3 is 5.97 Å². The average molecular weight is 759 g/mol. The quantitative estimate of drug-likeness (QED) is 0.188. The molecule has 260 valence electrons. The predicted molar refractivity (Wildman–Crippen MR) is 185 cm³/mol. The highest BCUT2D eigenvalue weighted by molar-refractivity contribution is 9.10. The minimum Gasteiger partial charge on any atom is -0.492 e. The van der Waals surface area contributed by atoms with Crippen LogP contribution in [0.15, 0.2) is 76.8 Å². The maximum atomic E-state index is 14.4. The number of carbonyl (C=O) groups excluding carboxylic acids is 2. The zero-order chi connectivity index (χ0) is 35.2. The van der Waals surface area contributed by atoms with Crippen LogP contribution in [-0.4, -0.2) is 93.4 Å². The van der Waals surface area contributed by atoms with Crippen molar-refractivity contribution in [2.45, 2.75) is 57.0 Å². The maximum Gasteiger partial charge on any atom is 0.335 e. The van der Waals surface area contributed by atoms with E-state index in [9.17, 15) is 29.0 Å². The van der Waals surface area contributed by atoms with Gasteiger partial charge in [0.25, 0.3) is 11.8 Å². The molecule has 3 aromatic rings. The van der Waals surface area contributed by atoms with Gasteiger partial charge in [-0.1, -0.05) is 54.1 Å². The molecule has 0 saturated carbocycles. The van der Waals surface area contributed by atoms with Crippen LogP contribution in [-0.2, 0) is 27.3 Å². The number of halogens is 3. The fraction of sp³-hybridized carbons (Fsp3) is 0.361. The lowest BCUT2D eigenvalue weighted by atomic mass is 9.82. The molecule has 0 aliphatic carbocycles. The normalized spacial score (nSPS) is 18.5. The van der Waals surface area contributed by atoms with Gasteiger partial charge in [0.05, 0.1) is 17.1 Å². The Kier molecular flexibility index (Phi) is 12.1. The molecule has 0 spiro atoms. The van der Waals surface area contributed by atoms with Crippen LogP contribution in [0, 0.1) is 5.82 Å². The van der Waals surface area contributed by atoms with E-state index in [4.69, 9.17) is 21.4 Å². The molecule has 1 fully saturated rings. The maximum absolute atomic E-state index is 14.4. The van der Waals surface area contributed by atoms with Gasteiger partial charge in [-0.15, -0.1) is 0 Å². The molecule has 10 nitrogen and oxygen atoms in total. The van der Waals surface area contributed by atoms with E-state index in [2.05, 4.69) is 21.2 Å². The standard InChI is InChI=1S/C36H38BrClFN3O7/c1-2-41(18-23-7-3-4-8-28(23)38)34(45)31-26(17-25-19-42(20-29(31)40-25)35(46)32(43)33(44)36(47)48)22-11-9-21(10-12-22)6-5-15-49-30-16-24(39)13-14-27(30)37/h3-4,7-14,16,25,29,32-33,40,43-44H,2,5-6,15,17-20H2,1H3,(H,47,48)/t25-,29+,32-,33-/m0/s1. The van der Waals surface area contributed by atoms with Crippen molar-refractivity contribution < 1.29 is 38.8 Å². The zero-order valence-electron chi connectivity index (χ0n) is 26.8. The van der Waals surface area contributed by atoms with Gasteiger partial charge < -0.3 is 35.2 Å². The number of aliphatic hydroxyl groups excluding tert-OH is 2. The van der Waals surface area contributed by atoms with E-state index in [1.165, 1.54) is 17.0 Å². The van der Waals surface area contributed by atoms with Gasteiger partial charge in [-0.05, 0) is 82.6 Å². The topological polar surface area (TPSA) is 140 Å². The molecule has 4 N–H and O–H groups in total. The number of aliphatic hydroxyl groups is 2. The van der Waals surface area contributed by atoms with Crippen molar-refractivity contribution in [3.8, 4) is 5.75 Å². The zero-order valence-corrected chi connectivity index (χ0v) is 29.2. The van der Waals surface area contributed by atoms with E-state index in [-0.39, 0.29) is 37.4 Å². The van der Waals surface area contributed by atoms with Crippen LogP contribution in [0.4, 0.5) is 4.39 Å². The van der Waals surface area contributed by atoms with Gasteiger partial charge in [0, 0.05) is 48.9 Å². The number of benzene rings is 3. The number of amides is 2. The number of ether oxygens (including phenoxy) is 1. The van der Waals surface area contributed by atoms with Crippen molar-refractivity contribution >= 4 is 50.9 Å². The summed E-state index contributed by atoms with van der Waals surface area (Å²) in [5, 5.41) is 33.3. The number of rotatable bonds is 13. The van der Waals surface area contributed by atoms with Crippen molar-refractivity contribution in [2.75, 3.05) is 26.2 Å². The molecule has 13 heteroatoms. The van der Waals surface area contributed by atoms with Crippen molar-refractivity contribution in [1.82, 2.24) is 15.1 Å². The number of likely N-dealkylation sites (N-methyl/N-ethyl adjacent to an activating group) is 1. The second-order valence-electron chi connectivity index (χ2n) is 12.1. The molecule has 5 rings (SSSR count). The number of carboxylic acid groups (broad SMARTS) is 1. The molecule has 3 aromatic carbocycles. The van der Waals surface area contributed by atoms with Crippen LogP contribution in [0.5, 0.6) is 5.75 Å². The van der Waals surface area contributed by atoms with Crippen molar-refractivity contribution in [3.05, 3.63) is 104 Å². The Hall–Kier alpha value is -3.81. The molecule has 2 aliphatic rings. The third-order valence-electron chi connectivity index (χ3n) is 8.80. The Labute approximate surface area is 297 Å². The summed E-state index contributed by atoms with van der Waals surface area (Å²) in [7, 11) is 0. The van der Waals surface area contributed by atoms with Gasteiger partial charge in [0.15, 0.2) is 12.2 Å². The summed E-state index contributed by atoms with van der Waals surface area (Å²) in [6, 6.07) is 18.6. The highest BCUT2D eigenvalue weighted by Crippen LogP contribution is 2.35. The van der Waals surface area contributed by atoms with Crippen LogP contribution in [0.25, 0.3) is 5.57 Å².